The maximum absolute atomic E-state index is 10.7. The third-order valence-corrected chi connectivity index (χ3v) is 8.35. The summed E-state index contributed by atoms with van der Waals surface area (Å²) in [4.78, 5) is 10.7. The van der Waals surface area contributed by atoms with E-state index < -0.39 is 30.7 Å². The van der Waals surface area contributed by atoms with E-state index in [9.17, 15) is 4.79 Å². The Hall–Kier alpha value is -3.31. The quantitative estimate of drug-likeness (QED) is 0.0683. The molecule has 13 nitrogen and oxygen atoms in total. The smallest absolute Gasteiger partial charge is 0.302 e. The minimum Gasteiger partial charge on any atom is -0.463 e. The molecular weight excluding hydrogens is 712 g/mol. The van der Waals surface area contributed by atoms with E-state index in [-0.39, 0.29) is 25.8 Å². The Kier molecular flexibility index (Phi) is 22.7. The Balaban J connectivity index is 1.22. The van der Waals surface area contributed by atoms with Gasteiger partial charge in [0.05, 0.1) is 99.1 Å². The number of hydrogen-bond acceptors (Lipinski definition) is 13. The van der Waals surface area contributed by atoms with Gasteiger partial charge < -0.3 is 56.8 Å². The second-order valence-corrected chi connectivity index (χ2v) is 12.5. The average molecular weight is 771 g/mol. The minimum atomic E-state index is -0.718. The zero-order valence-electron chi connectivity index (χ0n) is 32.2. The lowest BCUT2D eigenvalue weighted by Crippen LogP contribution is -2.61. The number of esters is 1. The third-order valence-electron chi connectivity index (χ3n) is 8.35. The first-order chi connectivity index (χ1) is 27.1. The monoisotopic (exact) mass is 770 g/mol. The first-order valence-electron chi connectivity index (χ1n) is 18.9. The average Bonchev–Trinajstić information content (AvgIpc) is 3.21. The van der Waals surface area contributed by atoms with Gasteiger partial charge in [-0.1, -0.05) is 91.0 Å². The molecule has 304 valence electrons. The largest absolute Gasteiger partial charge is 0.463 e. The molecule has 55 heavy (non-hydrogen) atoms. The van der Waals surface area contributed by atoms with E-state index in [4.69, 9.17) is 56.8 Å². The number of carbonyl (C=O) groups excluding carboxylic acids is 1. The molecule has 0 saturated carbocycles. The first-order valence-corrected chi connectivity index (χ1v) is 18.9. The molecule has 1 saturated heterocycles. The molecule has 1 aliphatic heterocycles. The topological polar surface area (TPSA) is 128 Å². The highest BCUT2D eigenvalue weighted by Gasteiger charge is 2.48. The first kappa shape index (κ1) is 44.4. The van der Waals surface area contributed by atoms with Crippen molar-refractivity contribution in [2.75, 3.05) is 93.0 Å². The zero-order chi connectivity index (χ0) is 38.6. The number of carbonyl (C=O) groups is 1. The molecule has 1 heterocycles. The molecule has 0 aliphatic carbocycles. The van der Waals surface area contributed by atoms with Gasteiger partial charge in [-0.3, -0.25) is 4.79 Å². The van der Waals surface area contributed by atoms with Gasteiger partial charge in [-0.2, -0.15) is 0 Å². The van der Waals surface area contributed by atoms with Crippen LogP contribution in [-0.2, 0) is 81.5 Å². The van der Waals surface area contributed by atoms with Crippen LogP contribution in [0.1, 0.15) is 23.6 Å². The van der Waals surface area contributed by atoms with Crippen LogP contribution >= 0.6 is 0 Å². The summed E-state index contributed by atoms with van der Waals surface area (Å²) in [6, 6.07) is 30.0. The summed E-state index contributed by atoms with van der Waals surface area (Å²) in [7, 11) is 1.61. The molecule has 3 aromatic rings. The summed E-state index contributed by atoms with van der Waals surface area (Å²) < 4.78 is 70.7. The van der Waals surface area contributed by atoms with Crippen LogP contribution in [0.5, 0.6) is 0 Å². The molecule has 1 aliphatic rings. The molecule has 0 amide bonds. The zero-order valence-corrected chi connectivity index (χ0v) is 32.2. The van der Waals surface area contributed by atoms with Crippen molar-refractivity contribution < 1.29 is 61.6 Å². The molecule has 0 aromatic heterocycles. The predicted octanol–water partition coefficient (Wildman–Crippen LogP) is 4.78. The predicted molar refractivity (Wildman–Crippen MR) is 202 cm³/mol. The fraction of sp³-hybridized carbons (Fsp3) is 0.548. The molecule has 4 rings (SSSR count). The van der Waals surface area contributed by atoms with Crippen LogP contribution in [-0.4, -0.2) is 130 Å². The van der Waals surface area contributed by atoms with E-state index >= 15 is 0 Å². The Morgan fingerprint density at radius 3 is 1.36 bits per heavy atom. The highest BCUT2D eigenvalue weighted by atomic mass is 16.7. The number of ether oxygens (including phenoxy) is 12. The van der Waals surface area contributed by atoms with Crippen molar-refractivity contribution in [3.63, 3.8) is 0 Å². The fourth-order valence-electron chi connectivity index (χ4n) is 5.64. The molecule has 0 bridgehead atoms. The van der Waals surface area contributed by atoms with Crippen molar-refractivity contribution >= 4 is 5.97 Å². The van der Waals surface area contributed by atoms with E-state index in [1.165, 1.54) is 6.92 Å². The van der Waals surface area contributed by atoms with Crippen LogP contribution in [0.4, 0.5) is 0 Å². The molecule has 0 N–H and O–H groups in total. The van der Waals surface area contributed by atoms with Crippen LogP contribution in [0, 0.1) is 0 Å². The molecule has 3 aromatic carbocycles. The number of rotatable bonds is 30. The molecule has 0 spiro atoms. The normalized spacial score (nSPS) is 19.7. The van der Waals surface area contributed by atoms with Gasteiger partial charge in [-0.05, 0) is 16.7 Å². The van der Waals surface area contributed by atoms with E-state index in [0.29, 0.717) is 85.9 Å². The molecule has 0 radical (unpaired) electrons. The van der Waals surface area contributed by atoms with Gasteiger partial charge in [0.1, 0.15) is 31.0 Å². The van der Waals surface area contributed by atoms with Crippen molar-refractivity contribution in [2.45, 2.75) is 57.5 Å². The van der Waals surface area contributed by atoms with E-state index in [1.807, 2.05) is 91.0 Å². The molecular formula is C42H58O13. The Labute approximate surface area is 325 Å². The SMILES string of the molecule is CO[C@H]1O[C@H](COCc2ccccc2)[C@@H](OCCOCCOCCOCCOCCOCCOC(C)=O)[C@H](OCc2ccccc2)[C@H]1OCc1ccccc1. The molecule has 0 unspecified atom stereocenters. The minimum absolute atomic E-state index is 0.243. The van der Waals surface area contributed by atoms with Gasteiger partial charge in [-0.25, -0.2) is 0 Å². The van der Waals surface area contributed by atoms with Gasteiger partial charge in [-0.15, -0.1) is 0 Å². The lowest BCUT2D eigenvalue weighted by molar-refractivity contribution is -0.322. The lowest BCUT2D eigenvalue weighted by Gasteiger charge is -2.45. The summed E-state index contributed by atoms with van der Waals surface area (Å²) in [5, 5.41) is 0. The van der Waals surface area contributed by atoms with E-state index in [2.05, 4.69) is 0 Å². The summed E-state index contributed by atoms with van der Waals surface area (Å²) in [6.45, 7) is 7.43. The molecule has 1 fully saturated rings. The Bertz CT molecular complexity index is 1370. The Morgan fingerprint density at radius 1 is 0.491 bits per heavy atom. The number of methoxy groups -OCH3 is 1. The van der Waals surface area contributed by atoms with Crippen LogP contribution in [0.15, 0.2) is 91.0 Å². The highest BCUT2D eigenvalue weighted by molar-refractivity contribution is 5.65. The summed E-state index contributed by atoms with van der Waals surface area (Å²) in [6.07, 6.45) is -2.91. The molecule has 5 atom stereocenters. The van der Waals surface area contributed by atoms with Crippen molar-refractivity contribution in [1.29, 1.82) is 0 Å². The summed E-state index contributed by atoms with van der Waals surface area (Å²) in [5.41, 5.74) is 3.11. The van der Waals surface area contributed by atoms with Crippen LogP contribution < -0.4 is 0 Å². The fourth-order valence-corrected chi connectivity index (χ4v) is 5.64. The summed E-state index contributed by atoms with van der Waals surface area (Å²) >= 11 is 0. The lowest BCUT2D eigenvalue weighted by atomic mass is 9.98. The van der Waals surface area contributed by atoms with Gasteiger partial charge >= 0.3 is 5.97 Å². The van der Waals surface area contributed by atoms with E-state index in [0.717, 1.165) is 16.7 Å². The maximum Gasteiger partial charge on any atom is 0.302 e. The number of benzene rings is 3. The standard InChI is InChI=1S/C42H58O13/c1-34(43)51-28-26-48-24-22-46-20-18-45-19-21-47-23-25-49-27-29-52-39-38(33-50-30-35-12-6-3-7-13-35)55-42(44-2)41(54-32-37-16-10-5-11-17-37)40(39)53-31-36-14-8-4-9-15-36/h3-17,38-42H,18-33H2,1-2H3/t38-,39-,40+,41-,42+/m1/s1. The summed E-state index contributed by atoms with van der Waals surface area (Å²) in [5.74, 6) is -0.319. The van der Waals surface area contributed by atoms with Crippen molar-refractivity contribution in [3.05, 3.63) is 108 Å². The maximum atomic E-state index is 10.7. The Morgan fingerprint density at radius 2 is 0.909 bits per heavy atom. The molecule has 13 heteroatoms. The van der Waals surface area contributed by atoms with Crippen molar-refractivity contribution in [3.8, 4) is 0 Å². The second kappa shape index (κ2) is 28.1. The van der Waals surface area contributed by atoms with Crippen LogP contribution in [0.25, 0.3) is 0 Å². The van der Waals surface area contributed by atoms with Crippen LogP contribution in [0.2, 0.25) is 0 Å². The van der Waals surface area contributed by atoms with Gasteiger partial charge in [0.2, 0.25) is 0 Å². The van der Waals surface area contributed by atoms with Crippen LogP contribution in [0.3, 0.4) is 0 Å². The van der Waals surface area contributed by atoms with Gasteiger partial charge in [0, 0.05) is 14.0 Å². The number of hydrogen-bond donors (Lipinski definition) is 0. The van der Waals surface area contributed by atoms with Gasteiger partial charge in [0.15, 0.2) is 6.29 Å². The van der Waals surface area contributed by atoms with Gasteiger partial charge in [0.25, 0.3) is 0 Å². The van der Waals surface area contributed by atoms with Crippen molar-refractivity contribution in [1.82, 2.24) is 0 Å². The second-order valence-electron chi connectivity index (χ2n) is 12.5. The third kappa shape index (κ3) is 18.5. The van der Waals surface area contributed by atoms with E-state index in [1.54, 1.807) is 7.11 Å². The van der Waals surface area contributed by atoms with Crippen molar-refractivity contribution in [2.24, 2.45) is 0 Å². The highest BCUT2D eigenvalue weighted by Crippen LogP contribution is 2.30.